The number of amides is 1. The SMILES string of the molecule is CCCOc1cccc(-c2nnc(CCC(=O)NCCc3cccs3)c(=O)[nH]2)c1. The molecule has 0 aliphatic heterocycles. The third kappa shape index (κ3) is 6.25. The summed E-state index contributed by atoms with van der Waals surface area (Å²) in [5.74, 6) is 0.990. The Balaban J connectivity index is 1.54. The number of thiophene rings is 1. The Bertz CT molecular complexity index is 986. The molecule has 0 aliphatic rings. The van der Waals surface area contributed by atoms with Gasteiger partial charge >= 0.3 is 0 Å². The highest BCUT2D eigenvalue weighted by Gasteiger charge is 2.10. The summed E-state index contributed by atoms with van der Waals surface area (Å²) in [7, 11) is 0. The van der Waals surface area contributed by atoms with Crippen LogP contribution in [0.5, 0.6) is 5.75 Å². The van der Waals surface area contributed by atoms with Gasteiger partial charge in [-0.25, -0.2) is 0 Å². The molecule has 0 fully saturated rings. The van der Waals surface area contributed by atoms with E-state index in [0.29, 0.717) is 19.0 Å². The molecular weight excluding hydrogens is 388 g/mol. The van der Waals surface area contributed by atoms with E-state index in [2.05, 4.69) is 20.5 Å². The zero-order valence-electron chi connectivity index (χ0n) is 16.3. The number of hydrogen-bond acceptors (Lipinski definition) is 6. The highest BCUT2D eigenvalue weighted by atomic mass is 32.1. The van der Waals surface area contributed by atoms with Crippen molar-refractivity contribution in [3.8, 4) is 17.1 Å². The molecule has 2 N–H and O–H groups in total. The summed E-state index contributed by atoms with van der Waals surface area (Å²) in [5.41, 5.74) is 0.642. The number of hydrogen-bond donors (Lipinski definition) is 2. The van der Waals surface area contributed by atoms with Crippen molar-refractivity contribution in [3.05, 3.63) is 62.7 Å². The predicted octanol–water partition coefficient (Wildman–Crippen LogP) is 2.97. The topological polar surface area (TPSA) is 97.0 Å². The minimum atomic E-state index is -0.332. The summed E-state index contributed by atoms with van der Waals surface area (Å²) >= 11 is 1.67. The average Bonchev–Trinajstić information content (AvgIpc) is 3.25. The second-order valence-corrected chi connectivity index (χ2v) is 7.54. The molecule has 0 atom stereocenters. The Morgan fingerprint density at radius 2 is 2.10 bits per heavy atom. The number of ether oxygens (including phenoxy) is 1. The molecule has 3 aromatic rings. The molecule has 2 aromatic heterocycles. The first kappa shape index (κ1) is 20.7. The number of nitrogens with zero attached hydrogens (tertiary/aromatic N) is 2. The maximum absolute atomic E-state index is 12.3. The standard InChI is InChI=1S/C21H24N4O3S/c1-2-12-28-16-6-3-5-15(14-16)20-23-21(27)18(24-25-20)8-9-19(26)22-11-10-17-7-4-13-29-17/h3-7,13-14H,2,8-12H2,1H3,(H,22,26)(H,23,25,27). The van der Waals surface area contributed by atoms with Gasteiger partial charge in [-0.3, -0.25) is 9.59 Å². The van der Waals surface area contributed by atoms with E-state index in [0.717, 1.165) is 24.2 Å². The lowest BCUT2D eigenvalue weighted by molar-refractivity contribution is -0.121. The van der Waals surface area contributed by atoms with E-state index in [1.807, 2.05) is 48.7 Å². The first-order valence-corrected chi connectivity index (χ1v) is 10.5. The number of rotatable bonds is 10. The van der Waals surface area contributed by atoms with Crippen LogP contribution in [-0.4, -0.2) is 34.2 Å². The molecule has 1 aromatic carbocycles. The van der Waals surface area contributed by atoms with Gasteiger partial charge in [-0.15, -0.1) is 21.5 Å². The predicted molar refractivity (Wildman–Crippen MR) is 113 cm³/mol. The van der Waals surface area contributed by atoms with E-state index in [1.165, 1.54) is 4.88 Å². The van der Waals surface area contributed by atoms with Gasteiger partial charge in [0.25, 0.3) is 5.56 Å². The van der Waals surface area contributed by atoms with Crippen LogP contribution in [0.3, 0.4) is 0 Å². The number of carbonyl (C=O) groups excluding carboxylic acids is 1. The molecule has 7 nitrogen and oxygen atoms in total. The van der Waals surface area contributed by atoms with Crippen molar-refractivity contribution in [1.82, 2.24) is 20.5 Å². The van der Waals surface area contributed by atoms with Crippen LogP contribution in [0.4, 0.5) is 0 Å². The molecule has 0 saturated heterocycles. The minimum absolute atomic E-state index is 0.104. The molecular formula is C21H24N4O3S. The first-order valence-electron chi connectivity index (χ1n) is 9.64. The molecule has 3 rings (SSSR count). The number of benzene rings is 1. The molecule has 1 amide bonds. The van der Waals surface area contributed by atoms with Gasteiger partial charge in [0.2, 0.25) is 5.91 Å². The molecule has 0 spiro atoms. The van der Waals surface area contributed by atoms with E-state index < -0.39 is 0 Å². The molecule has 0 radical (unpaired) electrons. The lowest BCUT2D eigenvalue weighted by Gasteiger charge is -2.07. The van der Waals surface area contributed by atoms with Crippen LogP contribution in [0, 0.1) is 0 Å². The van der Waals surface area contributed by atoms with Gasteiger partial charge in [-0.05, 0) is 36.4 Å². The molecule has 0 bridgehead atoms. The van der Waals surface area contributed by atoms with Crippen molar-refractivity contribution >= 4 is 17.2 Å². The van der Waals surface area contributed by atoms with Gasteiger partial charge in [0.15, 0.2) is 5.82 Å². The Morgan fingerprint density at radius 3 is 2.86 bits per heavy atom. The molecule has 152 valence electrons. The van der Waals surface area contributed by atoms with Gasteiger partial charge in [-0.2, -0.15) is 0 Å². The molecule has 2 heterocycles. The zero-order chi connectivity index (χ0) is 20.5. The van der Waals surface area contributed by atoms with Crippen LogP contribution in [0.2, 0.25) is 0 Å². The van der Waals surface area contributed by atoms with Crippen LogP contribution in [0.25, 0.3) is 11.4 Å². The first-order chi connectivity index (χ1) is 14.2. The number of aromatic nitrogens is 3. The molecule has 0 saturated carbocycles. The number of aryl methyl sites for hydroxylation is 1. The summed E-state index contributed by atoms with van der Waals surface area (Å²) in [4.78, 5) is 28.3. The Labute approximate surface area is 173 Å². The summed E-state index contributed by atoms with van der Waals surface area (Å²) in [6, 6.07) is 11.4. The minimum Gasteiger partial charge on any atom is -0.494 e. The van der Waals surface area contributed by atoms with Gasteiger partial charge in [0.1, 0.15) is 11.4 Å². The van der Waals surface area contributed by atoms with Crippen molar-refractivity contribution in [2.45, 2.75) is 32.6 Å². The second-order valence-electron chi connectivity index (χ2n) is 6.51. The fourth-order valence-corrected chi connectivity index (χ4v) is 3.42. The quantitative estimate of drug-likeness (QED) is 0.534. The molecule has 29 heavy (non-hydrogen) atoms. The van der Waals surface area contributed by atoms with E-state index in [4.69, 9.17) is 4.74 Å². The summed E-state index contributed by atoms with van der Waals surface area (Å²) in [5, 5.41) is 13.0. The van der Waals surface area contributed by atoms with Crippen LogP contribution in [0.15, 0.2) is 46.6 Å². The number of aromatic amines is 1. The molecule has 0 aliphatic carbocycles. The Hall–Kier alpha value is -3.00. The van der Waals surface area contributed by atoms with Crippen LogP contribution in [0.1, 0.15) is 30.3 Å². The van der Waals surface area contributed by atoms with E-state index in [9.17, 15) is 9.59 Å². The van der Waals surface area contributed by atoms with Crippen molar-refractivity contribution in [3.63, 3.8) is 0 Å². The van der Waals surface area contributed by atoms with Crippen molar-refractivity contribution < 1.29 is 9.53 Å². The normalized spacial score (nSPS) is 10.7. The average molecular weight is 413 g/mol. The number of carbonyl (C=O) groups is 1. The maximum atomic E-state index is 12.3. The number of nitrogens with one attached hydrogen (secondary N) is 2. The third-order valence-corrected chi connectivity index (χ3v) is 5.14. The van der Waals surface area contributed by atoms with Crippen molar-refractivity contribution in [1.29, 1.82) is 0 Å². The molecule has 0 unspecified atom stereocenters. The summed E-state index contributed by atoms with van der Waals surface area (Å²) < 4.78 is 5.61. The Kier molecular flexibility index (Phi) is 7.52. The second kappa shape index (κ2) is 10.5. The maximum Gasteiger partial charge on any atom is 0.273 e. The van der Waals surface area contributed by atoms with E-state index in [-0.39, 0.29) is 30.0 Å². The smallest absolute Gasteiger partial charge is 0.273 e. The van der Waals surface area contributed by atoms with Crippen molar-refractivity contribution in [2.24, 2.45) is 0 Å². The highest BCUT2D eigenvalue weighted by Crippen LogP contribution is 2.20. The third-order valence-electron chi connectivity index (χ3n) is 4.21. The summed E-state index contributed by atoms with van der Waals surface area (Å²) in [6.07, 6.45) is 2.16. The van der Waals surface area contributed by atoms with Crippen molar-refractivity contribution in [2.75, 3.05) is 13.2 Å². The summed E-state index contributed by atoms with van der Waals surface area (Å²) in [6.45, 7) is 3.24. The Morgan fingerprint density at radius 1 is 1.21 bits per heavy atom. The van der Waals surface area contributed by atoms with Gasteiger partial charge in [0.05, 0.1) is 6.61 Å². The fraction of sp³-hybridized carbons (Fsp3) is 0.333. The molecule has 8 heteroatoms. The van der Waals surface area contributed by atoms with E-state index in [1.54, 1.807) is 11.3 Å². The van der Waals surface area contributed by atoms with Crippen LogP contribution in [-0.2, 0) is 17.6 Å². The zero-order valence-corrected chi connectivity index (χ0v) is 17.1. The van der Waals surface area contributed by atoms with E-state index >= 15 is 0 Å². The lowest BCUT2D eigenvalue weighted by Crippen LogP contribution is -2.27. The fourth-order valence-electron chi connectivity index (χ4n) is 2.71. The van der Waals surface area contributed by atoms with Gasteiger partial charge < -0.3 is 15.0 Å². The van der Waals surface area contributed by atoms with Gasteiger partial charge in [0, 0.05) is 29.8 Å². The van der Waals surface area contributed by atoms with Crippen LogP contribution >= 0.6 is 11.3 Å². The van der Waals surface area contributed by atoms with Crippen LogP contribution < -0.4 is 15.6 Å². The monoisotopic (exact) mass is 412 g/mol. The van der Waals surface area contributed by atoms with Gasteiger partial charge in [-0.1, -0.05) is 25.1 Å². The lowest BCUT2D eigenvalue weighted by atomic mass is 10.2. The largest absolute Gasteiger partial charge is 0.494 e. The highest BCUT2D eigenvalue weighted by molar-refractivity contribution is 7.09. The number of H-pyrrole nitrogens is 1.